The van der Waals surface area contributed by atoms with E-state index in [0.717, 1.165) is 19.3 Å². The third-order valence-electron chi connectivity index (χ3n) is 12.0. The summed E-state index contributed by atoms with van der Waals surface area (Å²) in [6.07, 6.45) is 5.20. The third kappa shape index (κ3) is 7.80. The molecule has 1 unspecified atom stereocenters. The number of aliphatic hydroxyl groups is 1. The van der Waals surface area contributed by atoms with Gasteiger partial charge in [0.2, 0.25) is 0 Å². The van der Waals surface area contributed by atoms with Crippen molar-refractivity contribution in [2.75, 3.05) is 45.3 Å². The van der Waals surface area contributed by atoms with Crippen molar-refractivity contribution in [1.82, 2.24) is 15.0 Å². The molecule has 318 valence electrons. The van der Waals surface area contributed by atoms with E-state index in [2.05, 4.69) is 30.5 Å². The summed E-state index contributed by atoms with van der Waals surface area (Å²) in [7, 11) is 3.72. The van der Waals surface area contributed by atoms with Crippen LogP contribution in [0.5, 0.6) is 11.6 Å². The van der Waals surface area contributed by atoms with E-state index in [0.29, 0.717) is 31.8 Å². The number of aromatic nitrogens is 1. The van der Waals surface area contributed by atoms with Crippen LogP contribution in [0, 0.1) is 29.0 Å². The van der Waals surface area contributed by atoms with Crippen molar-refractivity contribution in [3.63, 3.8) is 0 Å². The molecular weight excluding hydrogens is 744 g/mol. The highest BCUT2D eigenvalue weighted by molar-refractivity contribution is 6.21. The second-order valence-corrected chi connectivity index (χ2v) is 18.5. The van der Waals surface area contributed by atoms with Crippen molar-refractivity contribution in [2.24, 2.45) is 23.2 Å². The average Bonchev–Trinajstić information content (AvgIpc) is 3.47. The van der Waals surface area contributed by atoms with Gasteiger partial charge in [0.15, 0.2) is 23.1 Å². The standard InChI is InChI=1S/C45H63FN4O8/c1-12-15-18-55-40-31-27(34(46)29-24-49(17-14-3)26(20-25(4)5)23-50(36(29)40)43(54)57-44(6,7)8)21-45(9)22-28-30(38(52)33(45)39(31)53)37(51)32-41(35(28)48(10)11)58-47-42(32)56-19-16-13-2/h14,25-26,28,30,35,53H,3,12-13,15-24H2,1-2,4-11H3/t26-,28-,30?,35+,45+/m1/s1. The van der Waals surface area contributed by atoms with Gasteiger partial charge >= 0.3 is 6.09 Å². The first kappa shape index (κ1) is 43.4. The number of nitrogens with zero attached hydrogens (tertiary/aromatic N) is 4. The van der Waals surface area contributed by atoms with Crippen LogP contribution in [0.1, 0.15) is 133 Å². The predicted octanol–water partition coefficient (Wildman–Crippen LogP) is 8.87. The third-order valence-corrected chi connectivity index (χ3v) is 12.0. The van der Waals surface area contributed by atoms with Crippen LogP contribution >= 0.6 is 0 Å². The quantitative estimate of drug-likeness (QED) is 0.118. The van der Waals surface area contributed by atoms with Crippen LogP contribution in [-0.2, 0) is 22.5 Å². The lowest BCUT2D eigenvalue weighted by atomic mass is 9.53. The van der Waals surface area contributed by atoms with E-state index in [4.69, 9.17) is 18.7 Å². The zero-order valence-electron chi connectivity index (χ0n) is 36.1. The van der Waals surface area contributed by atoms with Crippen molar-refractivity contribution >= 4 is 29.1 Å². The van der Waals surface area contributed by atoms with E-state index in [1.807, 2.05) is 39.8 Å². The predicted molar refractivity (Wildman–Crippen MR) is 220 cm³/mol. The molecule has 1 aromatic heterocycles. The Morgan fingerprint density at radius 2 is 1.78 bits per heavy atom. The monoisotopic (exact) mass is 806 g/mol. The molecular formula is C45H63FN4O8. The highest BCUT2D eigenvalue weighted by Crippen LogP contribution is 2.60. The molecule has 1 saturated carbocycles. The Morgan fingerprint density at radius 3 is 2.38 bits per heavy atom. The maximum absolute atomic E-state index is 17.9. The summed E-state index contributed by atoms with van der Waals surface area (Å²) in [5, 5.41) is 16.8. The van der Waals surface area contributed by atoms with E-state index in [1.54, 1.807) is 26.8 Å². The number of rotatable bonds is 13. The summed E-state index contributed by atoms with van der Waals surface area (Å²) in [6.45, 7) is 20.8. The number of ether oxygens (including phenoxy) is 3. The second-order valence-electron chi connectivity index (χ2n) is 18.5. The van der Waals surface area contributed by atoms with Crippen molar-refractivity contribution in [3.8, 4) is 11.6 Å². The number of halogens is 1. The number of Topliss-reactive ketones (excluding diaryl/α,β-unsaturated/α-hetero) is 2. The minimum Gasteiger partial charge on any atom is -0.507 e. The van der Waals surface area contributed by atoms with Gasteiger partial charge < -0.3 is 23.8 Å². The lowest BCUT2D eigenvalue weighted by molar-refractivity contribution is -0.124. The molecule has 2 heterocycles. The Kier molecular flexibility index (Phi) is 12.6. The molecule has 2 aromatic rings. The number of ketones is 2. The van der Waals surface area contributed by atoms with Crippen molar-refractivity contribution < 1.29 is 42.6 Å². The number of hydrogen-bond acceptors (Lipinski definition) is 11. The molecule has 4 aliphatic rings. The molecule has 12 nitrogen and oxygen atoms in total. The van der Waals surface area contributed by atoms with Crippen LogP contribution in [-0.4, -0.2) is 89.8 Å². The highest BCUT2D eigenvalue weighted by Gasteiger charge is 2.60. The van der Waals surface area contributed by atoms with Crippen LogP contribution in [0.2, 0.25) is 0 Å². The molecule has 0 spiro atoms. The van der Waals surface area contributed by atoms with Gasteiger partial charge in [-0.15, -0.1) is 6.58 Å². The minimum absolute atomic E-state index is 0.0411. The molecule has 0 saturated heterocycles. The summed E-state index contributed by atoms with van der Waals surface area (Å²) in [5.74, 6) is -2.94. The summed E-state index contributed by atoms with van der Waals surface area (Å²) < 4.78 is 42.2. The van der Waals surface area contributed by atoms with Gasteiger partial charge in [-0.2, -0.15) is 0 Å². The number of unbranched alkanes of at least 4 members (excludes halogenated alkanes) is 2. The lowest BCUT2D eigenvalue weighted by Crippen LogP contribution is -2.53. The van der Waals surface area contributed by atoms with Gasteiger partial charge in [0.1, 0.15) is 22.7 Å². The molecule has 3 aliphatic carbocycles. The average molecular weight is 807 g/mol. The van der Waals surface area contributed by atoms with E-state index in [-0.39, 0.29) is 89.6 Å². The van der Waals surface area contributed by atoms with Crippen molar-refractivity contribution in [1.29, 1.82) is 0 Å². The Labute approximate surface area is 342 Å². The molecule has 13 heteroatoms. The van der Waals surface area contributed by atoms with Crippen molar-refractivity contribution in [3.05, 3.63) is 52.1 Å². The smallest absolute Gasteiger partial charge is 0.414 e. The van der Waals surface area contributed by atoms with Gasteiger partial charge in [0.05, 0.1) is 36.4 Å². The van der Waals surface area contributed by atoms with E-state index < -0.39 is 58.1 Å². The molecule has 58 heavy (non-hydrogen) atoms. The Bertz CT molecular complexity index is 1960. The number of amides is 1. The number of carbonyl (C=O) groups excluding carboxylic acids is 3. The molecule has 1 N–H and O–H groups in total. The lowest BCUT2D eigenvalue weighted by Gasteiger charge is -2.50. The largest absolute Gasteiger partial charge is 0.507 e. The number of allylic oxidation sites excluding steroid dienone is 1. The first-order chi connectivity index (χ1) is 27.4. The first-order valence-electron chi connectivity index (χ1n) is 21.1. The van der Waals surface area contributed by atoms with Gasteiger partial charge in [-0.25, -0.2) is 9.18 Å². The molecule has 1 fully saturated rings. The SMILES string of the molecule is C=CCN1Cc2c(F)c3c(c(OCCCC)c2N(C(=O)OC(C)(C)C)C[C@H]1CC(C)C)C(O)=C1C(=O)C2C(=O)c4c(OCCCC)noc4[C@@H](N(C)C)[C@@H]2C[C@]1(C)C3. The summed E-state index contributed by atoms with van der Waals surface area (Å²) in [6, 6.07) is -0.711. The van der Waals surface area contributed by atoms with Gasteiger partial charge in [-0.3, -0.25) is 24.3 Å². The van der Waals surface area contributed by atoms with E-state index >= 15 is 9.18 Å². The van der Waals surface area contributed by atoms with Gasteiger partial charge in [-0.05, 0) is 78.0 Å². The molecule has 6 rings (SSSR count). The number of fused-ring (bicyclic) bond motifs is 5. The normalized spacial score (nSPS) is 24.5. The van der Waals surface area contributed by atoms with Crippen LogP contribution < -0.4 is 14.4 Å². The fourth-order valence-electron chi connectivity index (χ4n) is 9.64. The van der Waals surface area contributed by atoms with Crippen LogP contribution in [0.15, 0.2) is 22.8 Å². The fourth-order valence-corrected chi connectivity index (χ4v) is 9.64. The summed E-state index contributed by atoms with van der Waals surface area (Å²) >= 11 is 0. The Morgan fingerprint density at radius 1 is 1.10 bits per heavy atom. The van der Waals surface area contributed by atoms with Gasteiger partial charge in [0.25, 0.3) is 5.88 Å². The van der Waals surface area contributed by atoms with Gasteiger partial charge in [0, 0.05) is 53.7 Å². The van der Waals surface area contributed by atoms with Gasteiger partial charge in [-0.1, -0.05) is 53.5 Å². The topological polar surface area (TPSA) is 135 Å². The summed E-state index contributed by atoms with van der Waals surface area (Å²) in [4.78, 5) is 49.5. The Hall–Kier alpha value is -4.23. The van der Waals surface area contributed by atoms with Crippen LogP contribution in [0.3, 0.4) is 0 Å². The number of carbonyl (C=O) groups is 3. The summed E-state index contributed by atoms with van der Waals surface area (Å²) in [5.41, 5.74) is -1.05. The van der Waals surface area contributed by atoms with Crippen molar-refractivity contribution in [2.45, 2.75) is 125 Å². The maximum atomic E-state index is 17.9. The Balaban J connectivity index is 1.59. The molecule has 0 bridgehead atoms. The fraction of sp³-hybridized carbons (Fsp3) is 0.644. The van der Waals surface area contributed by atoms with E-state index in [9.17, 15) is 14.7 Å². The second kappa shape index (κ2) is 16.8. The van der Waals surface area contributed by atoms with E-state index in [1.165, 1.54) is 4.90 Å². The molecule has 0 radical (unpaired) electrons. The molecule has 1 aliphatic heterocycles. The molecule has 5 atom stereocenters. The van der Waals surface area contributed by atoms with Crippen LogP contribution in [0.25, 0.3) is 5.76 Å². The van der Waals surface area contributed by atoms with Crippen LogP contribution in [0.4, 0.5) is 14.9 Å². The molecule has 1 amide bonds. The number of hydrogen-bond donors (Lipinski definition) is 1. The zero-order chi connectivity index (χ0) is 42.4. The first-order valence-corrected chi connectivity index (χ1v) is 21.1. The highest BCUT2D eigenvalue weighted by atomic mass is 19.1. The maximum Gasteiger partial charge on any atom is 0.414 e. The number of aliphatic hydroxyl groups excluding tert-OH is 1. The molecule has 1 aromatic carbocycles. The number of benzene rings is 1. The zero-order valence-corrected chi connectivity index (χ0v) is 36.1. The minimum atomic E-state index is -1.17. The number of anilines is 1.